The highest BCUT2D eigenvalue weighted by molar-refractivity contribution is 6.36. The molecule has 1 amide bonds. The summed E-state index contributed by atoms with van der Waals surface area (Å²) >= 11 is 6.11. The number of benzene rings is 1. The predicted octanol–water partition coefficient (Wildman–Crippen LogP) is 2.46. The van der Waals surface area contributed by atoms with E-state index in [4.69, 9.17) is 17.3 Å². The number of nitrogens with zero attached hydrogens (tertiary/aromatic N) is 3. The second kappa shape index (κ2) is 5.36. The lowest BCUT2D eigenvalue weighted by atomic mass is 10.1. The monoisotopic (exact) mass is 330 g/mol. The fourth-order valence-corrected chi connectivity index (χ4v) is 3.13. The van der Waals surface area contributed by atoms with Crippen molar-refractivity contribution in [2.24, 2.45) is 5.73 Å². The fraction of sp³-hybridized carbons (Fsp3) is 0.267. The number of nitrogens with one attached hydrogen (secondary N) is 2. The van der Waals surface area contributed by atoms with Crippen LogP contribution in [0, 0.1) is 0 Å². The lowest BCUT2D eigenvalue weighted by Gasteiger charge is -2.19. The van der Waals surface area contributed by atoms with Crippen molar-refractivity contribution in [1.29, 1.82) is 0 Å². The Morgan fingerprint density at radius 2 is 2.35 bits per heavy atom. The molecule has 1 aliphatic heterocycles. The number of halogens is 1. The first-order chi connectivity index (χ1) is 11.1. The average Bonchev–Trinajstić information content (AvgIpc) is 3.17. The van der Waals surface area contributed by atoms with Crippen molar-refractivity contribution in [2.75, 3.05) is 5.32 Å². The van der Waals surface area contributed by atoms with Crippen molar-refractivity contribution in [2.45, 2.75) is 25.4 Å². The topological polar surface area (TPSA) is 102 Å². The van der Waals surface area contributed by atoms with Gasteiger partial charge in [0.25, 0.3) is 5.91 Å². The second-order valence-electron chi connectivity index (χ2n) is 5.63. The summed E-state index contributed by atoms with van der Waals surface area (Å²) in [6.07, 6.45) is 3.52. The minimum absolute atomic E-state index is 0.0624. The van der Waals surface area contributed by atoms with Gasteiger partial charge in [0.1, 0.15) is 0 Å². The highest BCUT2D eigenvalue weighted by Gasteiger charge is 2.22. The van der Waals surface area contributed by atoms with Crippen molar-refractivity contribution < 1.29 is 4.79 Å². The molecule has 4 N–H and O–H groups in total. The molecule has 0 spiro atoms. The molecular weight excluding hydrogens is 316 g/mol. The lowest BCUT2D eigenvalue weighted by molar-refractivity contribution is 0.102. The van der Waals surface area contributed by atoms with E-state index >= 15 is 0 Å². The van der Waals surface area contributed by atoms with E-state index in [2.05, 4.69) is 20.6 Å². The van der Waals surface area contributed by atoms with Gasteiger partial charge in [0.15, 0.2) is 5.69 Å². The normalized spacial score (nSPS) is 17.2. The average molecular weight is 331 g/mol. The molecule has 1 aromatic carbocycles. The number of rotatable bonds is 2. The fourth-order valence-electron chi connectivity index (χ4n) is 2.92. The number of amides is 1. The Hall–Kier alpha value is -2.38. The van der Waals surface area contributed by atoms with Crippen molar-refractivity contribution in [3.63, 3.8) is 0 Å². The van der Waals surface area contributed by atoms with Gasteiger partial charge in [0.2, 0.25) is 0 Å². The third kappa shape index (κ3) is 2.38. The number of carbonyl (C=O) groups excluding carboxylic acids is 1. The van der Waals surface area contributed by atoms with Gasteiger partial charge in [0.05, 0.1) is 28.1 Å². The Kier molecular flexibility index (Phi) is 3.32. The Labute approximate surface area is 136 Å². The minimum Gasteiger partial charge on any atom is -0.323 e. The molecule has 23 heavy (non-hydrogen) atoms. The van der Waals surface area contributed by atoms with E-state index in [9.17, 15) is 4.79 Å². The van der Waals surface area contributed by atoms with Gasteiger partial charge in [-0.2, -0.15) is 10.2 Å². The van der Waals surface area contributed by atoms with E-state index in [0.29, 0.717) is 21.9 Å². The third-order valence-electron chi connectivity index (χ3n) is 4.12. The van der Waals surface area contributed by atoms with Crippen molar-refractivity contribution in [3.05, 3.63) is 40.8 Å². The molecule has 0 radical (unpaired) electrons. The van der Waals surface area contributed by atoms with Gasteiger partial charge in [-0.05, 0) is 31.0 Å². The number of fused-ring (bicyclic) bond motifs is 2. The van der Waals surface area contributed by atoms with Crippen LogP contribution in [0.1, 0.15) is 35.1 Å². The Morgan fingerprint density at radius 3 is 3.17 bits per heavy atom. The molecule has 3 heterocycles. The molecule has 118 valence electrons. The number of carbonyl (C=O) groups is 1. The van der Waals surface area contributed by atoms with Crippen LogP contribution in [0.5, 0.6) is 0 Å². The first-order valence-corrected chi connectivity index (χ1v) is 7.77. The van der Waals surface area contributed by atoms with Crippen LogP contribution in [-0.4, -0.2) is 25.9 Å². The summed E-state index contributed by atoms with van der Waals surface area (Å²) in [5.74, 6) is -0.280. The first-order valence-electron chi connectivity index (χ1n) is 7.40. The highest BCUT2D eigenvalue weighted by atomic mass is 35.5. The summed E-state index contributed by atoms with van der Waals surface area (Å²) in [4.78, 5) is 12.5. The summed E-state index contributed by atoms with van der Waals surface area (Å²) in [7, 11) is 0. The van der Waals surface area contributed by atoms with E-state index < -0.39 is 0 Å². The summed E-state index contributed by atoms with van der Waals surface area (Å²) in [6, 6.07) is 5.16. The molecule has 0 saturated carbocycles. The number of hydrogen-bond donors (Lipinski definition) is 3. The quantitative estimate of drug-likeness (QED) is 0.671. The minimum atomic E-state index is -0.280. The van der Waals surface area contributed by atoms with Crippen LogP contribution in [0.25, 0.3) is 10.9 Å². The van der Waals surface area contributed by atoms with Gasteiger partial charge in [-0.15, -0.1) is 0 Å². The Balaban J connectivity index is 1.65. The molecule has 1 unspecified atom stereocenters. The maximum absolute atomic E-state index is 12.5. The smallest absolute Gasteiger partial charge is 0.276 e. The second-order valence-corrected chi connectivity index (χ2v) is 6.04. The number of H-pyrrole nitrogens is 1. The molecule has 1 atom stereocenters. The van der Waals surface area contributed by atoms with Crippen LogP contribution in [0.2, 0.25) is 5.02 Å². The van der Waals surface area contributed by atoms with Crippen LogP contribution < -0.4 is 11.1 Å². The lowest BCUT2D eigenvalue weighted by Crippen LogP contribution is -2.21. The van der Waals surface area contributed by atoms with Crippen LogP contribution in [0.4, 0.5) is 5.69 Å². The number of aromatic nitrogens is 4. The van der Waals surface area contributed by atoms with E-state index in [0.717, 1.165) is 30.5 Å². The molecule has 3 aromatic rings. The number of anilines is 1. The molecule has 2 aromatic heterocycles. The van der Waals surface area contributed by atoms with Gasteiger partial charge in [0, 0.05) is 18.0 Å². The zero-order valence-electron chi connectivity index (χ0n) is 12.2. The Morgan fingerprint density at radius 1 is 1.48 bits per heavy atom. The molecule has 7 nitrogen and oxygen atoms in total. The van der Waals surface area contributed by atoms with Crippen LogP contribution in [0.15, 0.2) is 24.4 Å². The molecule has 0 bridgehead atoms. The Bertz CT molecular complexity index is 899. The third-order valence-corrected chi connectivity index (χ3v) is 4.45. The maximum atomic E-state index is 12.5. The predicted molar refractivity (Wildman–Crippen MR) is 87.4 cm³/mol. The molecule has 1 aliphatic rings. The van der Waals surface area contributed by atoms with Crippen molar-refractivity contribution in [3.8, 4) is 0 Å². The summed E-state index contributed by atoms with van der Waals surface area (Å²) in [5, 5.41) is 15.4. The van der Waals surface area contributed by atoms with E-state index in [1.807, 2.05) is 4.68 Å². The molecule has 4 rings (SSSR count). The van der Waals surface area contributed by atoms with E-state index in [1.165, 1.54) is 0 Å². The highest BCUT2D eigenvalue weighted by Crippen LogP contribution is 2.28. The summed E-state index contributed by atoms with van der Waals surface area (Å²) < 4.78 is 1.82. The zero-order chi connectivity index (χ0) is 16.0. The van der Waals surface area contributed by atoms with Gasteiger partial charge in [-0.1, -0.05) is 11.6 Å². The van der Waals surface area contributed by atoms with E-state index in [-0.39, 0.29) is 11.9 Å². The SMILES string of the molecule is NC1CCCn2nc(C(=O)Nc3ccc(Cl)c4cn[nH]c34)cc21. The zero-order valence-corrected chi connectivity index (χ0v) is 13.0. The standard InChI is InChI=1S/C15H15ClN6O/c16-9-3-4-11(14-8(9)7-18-20-14)19-15(23)12-6-13-10(17)2-1-5-22(13)21-12/h3-4,6-7,10H,1-2,5,17H2,(H,18,20)(H,19,23). The molecule has 0 aliphatic carbocycles. The number of nitrogens with two attached hydrogens (primary N) is 1. The summed E-state index contributed by atoms with van der Waals surface area (Å²) in [6.45, 7) is 0.794. The number of aromatic amines is 1. The largest absolute Gasteiger partial charge is 0.323 e. The van der Waals surface area contributed by atoms with Gasteiger partial charge in [-0.25, -0.2) is 0 Å². The van der Waals surface area contributed by atoms with Crippen molar-refractivity contribution >= 4 is 34.1 Å². The number of aryl methyl sites for hydroxylation is 1. The summed E-state index contributed by atoms with van der Waals surface area (Å²) in [5.41, 5.74) is 8.64. The van der Waals surface area contributed by atoms with Gasteiger partial charge < -0.3 is 11.1 Å². The van der Waals surface area contributed by atoms with Crippen molar-refractivity contribution in [1.82, 2.24) is 20.0 Å². The van der Waals surface area contributed by atoms with E-state index in [1.54, 1.807) is 24.4 Å². The molecule has 0 fully saturated rings. The van der Waals surface area contributed by atoms with Gasteiger partial charge in [-0.3, -0.25) is 14.6 Å². The molecular formula is C15H15ClN6O. The molecule has 8 heteroatoms. The maximum Gasteiger partial charge on any atom is 0.276 e. The van der Waals surface area contributed by atoms with Gasteiger partial charge >= 0.3 is 0 Å². The molecule has 0 saturated heterocycles. The number of hydrogen-bond acceptors (Lipinski definition) is 4. The van der Waals surface area contributed by atoms with Crippen LogP contribution in [-0.2, 0) is 6.54 Å². The van der Waals surface area contributed by atoms with Crippen LogP contribution >= 0.6 is 11.6 Å². The van der Waals surface area contributed by atoms with Crippen LogP contribution in [0.3, 0.4) is 0 Å². The first kappa shape index (κ1) is 14.2.